The average Bonchev–Trinajstić information content (AvgIpc) is 3.09. The van der Waals surface area contributed by atoms with Crippen molar-refractivity contribution < 1.29 is 9.53 Å². The third-order valence-corrected chi connectivity index (χ3v) is 4.67. The van der Waals surface area contributed by atoms with E-state index in [2.05, 4.69) is 9.97 Å². The Labute approximate surface area is 155 Å². The molecule has 0 N–H and O–H groups in total. The van der Waals surface area contributed by atoms with E-state index in [1.807, 2.05) is 43.3 Å². The zero-order chi connectivity index (χ0) is 17.6. The summed E-state index contributed by atoms with van der Waals surface area (Å²) in [5.74, 6) is -0.401. The van der Waals surface area contributed by atoms with Gasteiger partial charge in [0, 0.05) is 27.4 Å². The lowest BCUT2D eigenvalue weighted by Crippen LogP contribution is -2.08. The first kappa shape index (κ1) is 17.6. The highest BCUT2D eigenvalue weighted by Crippen LogP contribution is 2.26. The van der Waals surface area contributed by atoms with Gasteiger partial charge in [-0.3, -0.25) is 4.98 Å². The van der Waals surface area contributed by atoms with Gasteiger partial charge in [0.05, 0.1) is 6.61 Å². The van der Waals surface area contributed by atoms with Crippen LogP contribution in [0.1, 0.15) is 28.3 Å². The summed E-state index contributed by atoms with van der Waals surface area (Å²) in [5.41, 5.74) is 3.22. The number of hydrogen-bond donors (Lipinski definition) is 0. The predicted octanol–water partition coefficient (Wildman–Crippen LogP) is 4.96. The molecule has 0 saturated carbocycles. The molecule has 0 fully saturated rings. The van der Waals surface area contributed by atoms with Crippen LogP contribution in [-0.4, -0.2) is 22.5 Å². The molecule has 0 bridgehead atoms. The highest BCUT2D eigenvalue weighted by atomic mass is 35.5. The third-order valence-electron chi connectivity index (χ3n) is 3.54. The molecule has 128 valence electrons. The van der Waals surface area contributed by atoms with Crippen LogP contribution in [0.15, 0.2) is 47.8 Å². The smallest absolute Gasteiger partial charge is 0.357 e. The minimum absolute atomic E-state index is 0.327. The Morgan fingerprint density at radius 2 is 2.04 bits per heavy atom. The molecule has 0 atom stereocenters. The van der Waals surface area contributed by atoms with Crippen molar-refractivity contribution in [3.05, 3.63) is 69.9 Å². The molecule has 2 heterocycles. The van der Waals surface area contributed by atoms with Gasteiger partial charge in [-0.2, -0.15) is 0 Å². The Kier molecular flexibility index (Phi) is 5.79. The van der Waals surface area contributed by atoms with E-state index in [1.165, 1.54) is 11.3 Å². The Morgan fingerprint density at radius 1 is 1.20 bits per heavy atom. The summed E-state index contributed by atoms with van der Waals surface area (Å²) in [6, 6.07) is 13.3. The standard InChI is InChI=1S/C19H17ClN2O2S/c1-13-5-2-8-16(21-13)9-4-10-24-19(23)17-12-25-18(22-17)14-6-3-7-15(20)11-14/h2-3,5-8,11-12H,4,9-10H2,1H3. The second-order valence-corrected chi connectivity index (χ2v) is 6.85. The number of halogens is 1. The first-order valence-electron chi connectivity index (χ1n) is 7.93. The van der Waals surface area contributed by atoms with E-state index in [0.29, 0.717) is 17.3 Å². The largest absolute Gasteiger partial charge is 0.461 e. The quantitative estimate of drug-likeness (QED) is 0.453. The molecule has 6 heteroatoms. The fourth-order valence-electron chi connectivity index (χ4n) is 2.35. The van der Waals surface area contributed by atoms with Crippen molar-refractivity contribution >= 4 is 28.9 Å². The molecular weight excluding hydrogens is 356 g/mol. The van der Waals surface area contributed by atoms with E-state index in [1.54, 1.807) is 11.4 Å². The summed E-state index contributed by atoms with van der Waals surface area (Å²) in [5, 5.41) is 3.10. The van der Waals surface area contributed by atoms with Gasteiger partial charge in [0.2, 0.25) is 0 Å². The van der Waals surface area contributed by atoms with Crippen molar-refractivity contribution in [1.29, 1.82) is 0 Å². The van der Waals surface area contributed by atoms with Crippen LogP contribution in [0.5, 0.6) is 0 Å². The molecule has 0 unspecified atom stereocenters. The number of ether oxygens (including phenoxy) is 1. The van der Waals surface area contributed by atoms with Crippen molar-refractivity contribution in [2.24, 2.45) is 0 Å². The first-order valence-corrected chi connectivity index (χ1v) is 9.19. The number of aromatic nitrogens is 2. The molecule has 0 radical (unpaired) electrons. The average molecular weight is 373 g/mol. The van der Waals surface area contributed by atoms with Gasteiger partial charge in [0.25, 0.3) is 0 Å². The molecule has 0 aliphatic carbocycles. The maximum atomic E-state index is 12.1. The van der Waals surface area contributed by atoms with E-state index in [0.717, 1.165) is 34.8 Å². The number of aryl methyl sites for hydroxylation is 2. The van der Waals surface area contributed by atoms with Gasteiger partial charge in [-0.15, -0.1) is 11.3 Å². The maximum absolute atomic E-state index is 12.1. The van der Waals surface area contributed by atoms with E-state index >= 15 is 0 Å². The van der Waals surface area contributed by atoms with Crippen LogP contribution in [0.25, 0.3) is 10.6 Å². The van der Waals surface area contributed by atoms with Crippen LogP contribution < -0.4 is 0 Å². The maximum Gasteiger partial charge on any atom is 0.357 e. The first-order chi connectivity index (χ1) is 12.1. The minimum atomic E-state index is -0.401. The van der Waals surface area contributed by atoms with Crippen molar-refractivity contribution in [3.8, 4) is 10.6 Å². The molecule has 0 amide bonds. The van der Waals surface area contributed by atoms with E-state index in [4.69, 9.17) is 16.3 Å². The molecule has 4 nitrogen and oxygen atoms in total. The number of carbonyl (C=O) groups excluding carboxylic acids is 1. The second kappa shape index (κ2) is 8.23. The SMILES string of the molecule is Cc1cccc(CCCOC(=O)c2csc(-c3cccc(Cl)c3)n2)n1. The summed E-state index contributed by atoms with van der Waals surface area (Å²) in [7, 11) is 0. The van der Waals surface area contributed by atoms with Gasteiger partial charge in [-0.05, 0) is 44.0 Å². The van der Waals surface area contributed by atoms with Crippen LogP contribution >= 0.6 is 22.9 Å². The fourth-order valence-corrected chi connectivity index (χ4v) is 3.33. The summed E-state index contributed by atoms with van der Waals surface area (Å²) < 4.78 is 5.30. The minimum Gasteiger partial charge on any atom is -0.461 e. The lowest BCUT2D eigenvalue weighted by Gasteiger charge is -2.03. The summed E-state index contributed by atoms with van der Waals surface area (Å²) >= 11 is 7.39. The Morgan fingerprint density at radius 3 is 2.84 bits per heavy atom. The van der Waals surface area contributed by atoms with Gasteiger partial charge in [0.15, 0.2) is 5.69 Å². The van der Waals surface area contributed by atoms with Crippen molar-refractivity contribution in [3.63, 3.8) is 0 Å². The van der Waals surface area contributed by atoms with Crippen LogP contribution in [0.3, 0.4) is 0 Å². The molecule has 3 rings (SSSR count). The molecule has 1 aromatic carbocycles. The number of nitrogens with zero attached hydrogens (tertiary/aromatic N) is 2. The number of hydrogen-bond acceptors (Lipinski definition) is 5. The zero-order valence-corrected chi connectivity index (χ0v) is 15.3. The molecule has 3 aromatic rings. The van der Waals surface area contributed by atoms with Crippen molar-refractivity contribution in [2.45, 2.75) is 19.8 Å². The number of esters is 1. The van der Waals surface area contributed by atoms with Crippen LogP contribution in [0.2, 0.25) is 5.02 Å². The normalized spacial score (nSPS) is 10.6. The van der Waals surface area contributed by atoms with Crippen LogP contribution in [0, 0.1) is 6.92 Å². The van der Waals surface area contributed by atoms with Gasteiger partial charge < -0.3 is 4.74 Å². The second-order valence-electron chi connectivity index (χ2n) is 5.56. The molecule has 0 aliphatic rings. The Balaban J connectivity index is 1.52. The van der Waals surface area contributed by atoms with Crippen LogP contribution in [0.4, 0.5) is 0 Å². The van der Waals surface area contributed by atoms with Crippen LogP contribution in [-0.2, 0) is 11.2 Å². The van der Waals surface area contributed by atoms with Gasteiger partial charge in [0.1, 0.15) is 5.01 Å². The summed E-state index contributed by atoms with van der Waals surface area (Å²) in [4.78, 5) is 20.9. The Hall–Kier alpha value is -2.24. The highest BCUT2D eigenvalue weighted by Gasteiger charge is 2.13. The van der Waals surface area contributed by atoms with Gasteiger partial charge in [-0.1, -0.05) is 29.8 Å². The van der Waals surface area contributed by atoms with Gasteiger partial charge in [-0.25, -0.2) is 9.78 Å². The Bertz CT molecular complexity index is 879. The lowest BCUT2D eigenvalue weighted by molar-refractivity contribution is 0.0494. The van der Waals surface area contributed by atoms with E-state index in [9.17, 15) is 4.79 Å². The molecule has 0 aliphatic heterocycles. The molecule has 2 aromatic heterocycles. The molecule has 25 heavy (non-hydrogen) atoms. The fraction of sp³-hybridized carbons (Fsp3) is 0.211. The van der Waals surface area contributed by atoms with Gasteiger partial charge >= 0.3 is 5.97 Å². The number of pyridine rings is 1. The molecule has 0 saturated heterocycles. The highest BCUT2D eigenvalue weighted by molar-refractivity contribution is 7.13. The van der Waals surface area contributed by atoms with Crippen molar-refractivity contribution in [2.75, 3.05) is 6.61 Å². The monoisotopic (exact) mass is 372 g/mol. The number of thiazole rings is 1. The lowest BCUT2D eigenvalue weighted by atomic mass is 10.2. The number of rotatable bonds is 6. The summed E-state index contributed by atoms with van der Waals surface area (Å²) in [6.07, 6.45) is 1.51. The molecular formula is C19H17ClN2O2S. The molecule has 0 spiro atoms. The predicted molar refractivity (Wildman–Crippen MR) is 100 cm³/mol. The van der Waals surface area contributed by atoms with E-state index < -0.39 is 5.97 Å². The topological polar surface area (TPSA) is 52.1 Å². The zero-order valence-electron chi connectivity index (χ0n) is 13.7. The number of benzene rings is 1. The van der Waals surface area contributed by atoms with Crippen molar-refractivity contribution in [1.82, 2.24) is 9.97 Å². The van der Waals surface area contributed by atoms with E-state index in [-0.39, 0.29) is 0 Å². The number of carbonyl (C=O) groups is 1. The summed E-state index contributed by atoms with van der Waals surface area (Å²) in [6.45, 7) is 2.31. The third kappa shape index (κ3) is 4.87.